The van der Waals surface area contributed by atoms with Crippen LogP contribution in [0.1, 0.15) is 30.6 Å². The summed E-state index contributed by atoms with van der Waals surface area (Å²) in [7, 11) is -2.94. The Morgan fingerprint density at radius 2 is 1.96 bits per heavy atom. The van der Waals surface area contributed by atoms with E-state index in [-0.39, 0.29) is 23.5 Å². The van der Waals surface area contributed by atoms with Gasteiger partial charge >= 0.3 is 0 Å². The van der Waals surface area contributed by atoms with Crippen molar-refractivity contribution in [3.05, 3.63) is 23.9 Å². The van der Waals surface area contributed by atoms with Gasteiger partial charge in [0.1, 0.15) is 5.82 Å². The van der Waals surface area contributed by atoms with Gasteiger partial charge in [-0.2, -0.15) is 0 Å². The van der Waals surface area contributed by atoms with E-state index in [4.69, 9.17) is 0 Å². The number of nitrogens with zero attached hydrogens (tertiary/aromatic N) is 4. The van der Waals surface area contributed by atoms with Crippen LogP contribution in [-0.4, -0.2) is 85.9 Å². The third-order valence-electron chi connectivity index (χ3n) is 5.39. The minimum Gasteiger partial charge on any atom is -0.353 e. The monoisotopic (exact) mass is 380 g/mol. The zero-order valence-corrected chi connectivity index (χ0v) is 16.4. The number of rotatable bonds is 5. The molecule has 26 heavy (non-hydrogen) atoms. The van der Waals surface area contributed by atoms with Crippen molar-refractivity contribution < 1.29 is 13.2 Å². The summed E-state index contributed by atoms with van der Waals surface area (Å²) in [5.41, 5.74) is 0.591. The van der Waals surface area contributed by atoms with E-state index in [9.17, 15) is 13.2 Å². The molecule has 0 aromatic carbocycles. The summed E-state index contributed by atoms with van der Waals surface area (Å²) >= 11 is 0. The molecule has 0 radical (unpaired) electrons. The van der Waals surface area contributed by atoms with Gasteiger partial charge in [0.25, 0.3) is 5.91 Å². The quantitative estimate of drug-likeness (QED) is 0.755. The number of sulfone groups is 1. The van der Waals surface area contributed by atoms with E-state index in [0.717, 1.165) is 38.5 Å². The lowest BCUT2D eigenvalue weighted by Crippen LogP contribution is -2.48. The highest BCUT2D eigenvalue weighted by Gasteiger charge is 2.32. The molecule has 7 nitrogen and oxygen atoms in total. The van der Waals surface area contributed by atoms with Crippen LogP contribution < -0.4 is 4.90 Å². The van der Waals surface area contributed by atoms with Crippen molar-refractivity contribution >= 4 is 21.6 Å². The fraction of sp³-hybridized carbons (Fsp3) is 0.667. The molecule has 2 aliphatic heterocycles. The molecule has 3 heterocycles. The maximum absolute atomic E-state index is 12.7. The lowest BCUT2D eigenvalue weighted by Gasteiger charge is -2.34. The van der Waals surface area contributed by atoms with Gasteiger partial charge in [0, 0.05) is 45.0 Å². The van der Waals surface area contributed by atoms with Crippen molar-refractivity contribution in [1.29, 1.82) is 0 Å². The van der Waals surface area contributed by atoms with Crippen LogP contribution in [-0.2, 0) is 9.84 Å². The van der Waals surface area contributed by atoms with E-state index in [1.54, 1.807) is 6.20 Å². The maximum Gasteiger partial charge on any atom is 0.255 e. The molecular formula is C18H28N4O3S. The topological polar surface area (TPSA) is 73.8 Å². The summed E-state index contributed by atoms with van der Waals surface area (Å²) in [5, 5.41) is 0. The van der Waals surface area contributed by atoms with Gasteiger partial charge in [0.2, 0.25) is 0 Å². The summed E-state index contributed by atoms with van der Waals surface area (Å²) in [6.07, 6.45) is 2.26. The Bertz CT molecular complexity index is 727. The number of hydrogen-bond donors (Lipinski definition) is 0. The van der Waals surface area contributed by atoms with Crippen LogP contribution in [0.4, 0.5) is 5.82 Å². The average Bonchev–Trinajstić information content (AvgIpc) is 3.02. The van der Waals surface area contributed by atoms with E-state index in [0.29, 0.717) is 18.5 Å². The van der Waals surface area contributed by atoms with Crippen molar-refractivity contribution in [1.82, 2.24) is 14.8 Å². The minimum atomic E-state index is -2.94. The molecule has 8 heteroatoms. The van der Waals surface area contributed by atoms with Gasteiger partial charge in [-0.25, -0.2) is 13.4 Å². The highest BCUT2D eigenvalue weighted by molar-refractivity contribution is 7.91. The molecule has 2 fully saturated rings. The van der Waals surface area contributed by atoms with Crippen LogP contribution in [0.2, 0.25) is 0 Å². The van der Waals surface area contributed by atoms with Gasteiger partial charge < -0.3 is 14.7 Å². The van der Waals surface area contributed by atoms with Crippen LogP contribution in [0, 0.1) is 0 Å². The normalized spacial score (nSPS) is 23.2. The Labute approximate surface area is 155 Å². The highest BCUT2D eigenvalue weighted by atomic mass is 32.2. The first kappa shape index (κ1) is 19.1. The Kier molecular flexibility index (Phi) is 5.82. The van der Waals surface area contributed by atoms with Gasteiger partial charge in [-0.05, 0) is 32.0 Å². The third-order valence-corrected chi connectivity index (χ3v) is 7.14. The molecule has 144 valence electrons. The molecule has 3 rings (SSSR count). The molecule has 1 amide bonds. The van der Waals surface area contributed by atoms with Crippen LogP contribution in [0.5, 0.6) is 0 Å². The molecule has 0 saturated carbocycles. The van der Waals surface area contributed by atoms with Crippen molar-refractivity contribution in [3.8, 4) is 0 Å². The van der Waals surface area contributed by atoms with Gasteiger partial charge in [-0.3, -0.25) is 4.79 Å². The van der Waals surface area contributed by atoms with Crippen LogP contribution in [0.25, 0.3) is 0 Å². The molecule has 1 aromatic rings. The Morgan fingerprint density at radius 3 is 2.46 bits per heavy atom. The Hall–Kier alpha value is -1.67. The summed E-state index contributed by atoms with van der Waals surface area (Å²) in [6, 6.07) is 3.62. The van der Waals surface area contributed by atoms with E-state index in [1.165, 1.54) is 0 Å². The lowest BCUT2D eigenvalue weighted by atomic mass is 10.2. The number of aromatic nitrogens is 1. The lowest BCUT2D eigenvalue weighted by molar-refractivity contribution is 0.0643. The molecular weight excluding hydrogens is 352 g/mol. The van der Waals surface area contributed by atoms with Gasteiger partial charge in [-0.15, -0.1) is 0 Å². The molecule has 0 aliphatic carbocycles. The van der Waals surface area contributed by atoms with Crippen molar-refractivity contribution in [3.63, 3.8) is 0 Å². The van der Waals surface area contributed by atoms with Crippen LogP contribution in [0.15, 0.2) is 18.3 Å². The standard InChI is InChI=1S/C18H28N4O3S/c1-3-20-8-10-21(11-9-20)18(23)15-5-6-17(19-13-15)22(4-2)16-7-12-26(24,25)14-16/h5-6,13,16H,3-4,7-12,14H2,1-2H3. The van der Waals surface area contributed by atoms with Crippen LogP contribution in [0.3, 0.4) is 0 Å². The second-order valence-electron chi connectivity index (χ2n) is 6.97. The van der Waals surface area contributed by atoms with Crippen LogP contribution >= 0.6 is 0 Å². The fourth-order valence-corrected chi connectivity index (χ4v) is 5.49. The fourth-order valence-electron chi connectivity index (χ4n) is 3.76. The molecule has 1 aromatic heterocycles. The Balaban J connectivity index is 1.67. The number of anilines is 1. The zero-order chi connectivity index (χ0) is 18.7. The van der Waals surface area contributed by atoms with E-state index < -0.39 is 9.84 Å². The summed E-state index contributed by atoms with van der Waals surface area (Å²) in [5.74, 6) is 1.19. The maximum atomic E-state index is 12.7. The molecule has 1 atom stereocenters. The average molecular weight is 381 g/mol. The second-order valence-corrected chi connectivity index (χ2v) is 9.20. The minimum absolute atomic E-state index is 0.0197. The van der Waals surface area contributed by atoms with E-state index in [2.05, 4.69) is 16.8 Å². The molecule has 2 aliphatic rings. The Morgan fingerprint density at radius 1 is 1.23 bits per heavy atom. The SMILES string of the molecule is CCN1CCN(C(=O)c2ccc(N(CC)C3CCS(=O)(=O)C3)nc2)CC1. The van der Waals surface area contributed by atoms with Crippen molar-refractivity contribution in [2.24, 2.45) is 0 Å². The second kappa shape index (κ2) is 7.92. The molecule has 0 spiro atoms. The van der Waals surface area contributed by atoms with E-state index >= 15 is 0 Å². The van der Waals surface area contributed by atoms with Gasteiger partial charge in [0.15, 0.2) is 9.84 Å². The van der Waals surface area contributed by atoms with Crippen molar-refractivity contribution in [2.75, 3.05) is 55.7 Å². The summed E-state index contributed by atoms with van der Waals surface area (Å²) < 4.78 is 23.5. The van der Waals surface area contributed by atoms with Gasteiger partial charge in [-0.1, -0.05) is 6.92 Å². The first-order valence-corrected chi connectivity index (χ1v) is 11.2. The number of carbonyl (C=O) groups is 1. The number of likely N-dealkylation sites (N-methyl/N-ethyl adjacent to an activating group) is 1. The zero-order valence-electron chi connectivity index (χ0n) is 15.6. The van der Waals surface area contributed by atoms with Gasteiger partial charge in [0.05, 0.1) is 17.1 Å². The smallest absolute Gasteiger partial charge is 0.255 e. The molecule has 0 bridgehead atoms. The highest BCUT2D eigenvalue weighted by Crippen LogP contribution is 2.23. The summed E-state index contributed by atoms with van der Waals surface area (Å²) in [6.45, 7) is 9.15. The van der Waals surface area contributed by atoms with Crippen molar-refractivity contribution in [2.45, 2.75) is 26.3 Å². The molecule has 2 saturated heterocycles. The number of amides is 1. The molecule has 0 N–H and O–H groups in total. The predicted molar refractivity (Wildman–Crippen MR) is 102 cm³/mol. The largest absolute Gasteiger partial charge is 0.353 e. The van der Waals surface area contributed by atoms with E-state index in [1.807, 2.05) is 28.9 Å². The molecule has 1 unspecified atom stereocenters. The predicted octanol–water partition coefficient (Wildman–Crippen LogP) is 0.873. The first-order chi connectivity index (χ1) is 12.4. The number of piperazine rings is 1. The first-order valence-electron chi connectivity index (χ1n) is 9.38. The number of pyridine rings is 1. The number of carbonyl (C=O) groups excluding carboxylic acids is 1. The summed E-state index contributed by atoms with van der Waals surface area (Å²) in [4.78, 5) is 23.4. The number of hydrogen-bond acceptors (Lipinski definition) is 6. The third kappa shape index (κ3) is 4.17.